The fourth-order valence-electron chi connectivity index (χ4n) is 9.77. The lowest BCUT2D eigenvalue weighted by molar-refractivity contribution is 0.545. The Labute approximate surface area is 420 Å². The van der Waals surface area contributed by atoms with Gasteiger partial charge >= 0.3 is 0 Å². The summed E-state index contributed by atoms with van der Waals surface area (Å²) < 4.78 is 269. The number of nitrogens with zero attached hydrogens (tertiary/aromatic N) is 1. The van der Waals surface area contributed by atoms with Gasteiger partial charge in [-0.05, 0) is 124 Å². The Hall–Kier alpha value is -6.44. The highest BCUT2D eigenvalue weighted by atomic mass is 15.1. The van der Waals surface area contributed by atoms with Crippen molar-refractivity contribution >= 4 is 17.1 Å². The van der Waals surface area contributed by atoms with Crippen molar-refractivity contribution in [2.75, 3.05) is 4.90 Å². The predicted octanol–water partition coefficient (Wildman–Crippen LogP) is 16.7. The van der Waals surface area contributed by atoms with Gasteiger partial charge in [0.15, 0.2) is 0 Å². The Morgan fingerprint density at radius 2 is 0.938 bits per heavy atom. The monoisotopic (exact) mass is 858 g/mol. The van der Waals surface area contributed by atoms with Crippen LogP contribution in [0.3, 0.4) is 0 Å². The molecule has 3 aliphatic rings. The van der Waals surface area contributed by atoms with E-state index in [4.69, 9.17) is 12.3 Å². The zero-order valence-corrected chi connectivity index (χ0v) is 37.0. The van der Waals surface area contributed by atoms with Crippen molar-refractivity contribution in [3.63, 3.8) is 0 Å². The van der Waals surface area contributed by atoms with Crippen LogP contribution < -0.4 is 4.90 Å². The average Bonchev–Trinajstić information content (AvgIpc) is 1.46. The minimum Gasteiger partial charge on any atom is -0.310 e. The average molecular weight is 858 g/mol. The van der Waals surface area contributed by atoms with E-state index in [0.717, 1.165) is 4.90 Å². The second-order valence-corrected chi connectivity index (χ2v) is 19.6. The molecule has 316 valence electrons. The molecule has 1 heteroatoms. The van der Waals surface area contributed by atoms with E-state index < -0.39 is 241 Å². The molecule has 0 atom stereocenters. The van der Waals surface area contributed by atoms with E-state index in [1.54, 1.807) is 19.9 Å². The second-order valence-electron chi connectivity index (χ2n) is 19.6. The Morgan fingerprint density at radius 3 is 1.55 bits per heavy atom. The predicted molar refractivity (Wildman–Crippen MR) is 271 cm³/mol. The van der Waals surface area contributed by atoms with Crippen molar-refractivity contribution in [2.45, 2.75) is 96.3 Å². The molecule has 1 nitrogen and oxygen atoms in total. The van der Waals surface area contributed by atoms with Crippen molar-refractivity contribution in [3.8, 4) is 33.4 Å². The lowest BCUT2D eigenvalue weighted by Gasteiger charge is -2.35. The van der Waals surface area contributed by atoms with E-state index in [1.807, 2.05) is 41.5 Å². The molecule has 0 aromatic heterocycles. The highest BCUT2D eigenvalue weighted by Gasteiger charge is 2.47. The van der Waals surface area contributed by atoms with Crippen LogP contribution in [0.15, 0.2) is 175 Å². The molecule has 0 unspecified atom stereocenters. The third-order valence-electron chi connectivity index (χ3n) is 12.9. The first kappa shape index (κ1) is 20.2. The second kappa shape index (κ2) is 13.8. The van der Waals surface area contributed by atoms with Gasteiger partial charge in [-0.2, -0.15) is 0 Å². The van der Waals surface area contributed by atoms with Crippen molar-refractivity contribution in [2.24, 2.45) is 0 Å². The summed E-state index contributed by atoms with van der Waals surface area (Å²) in [6.45, 7) is 17.7. The summed E-state index contributed by atoms with van der Waals surface area (Å²) in [6.07, 6.45) is 0. The van der Waals surface area contributed by atoms with Crippen LogP contribution in [-0.4, -0.2) is 0 Å². The molecule has 0 amide bonds. The zero-order chi connectivity index (χ0) is 68.9. The third-order valence-corrected chi connectivity index (χ3v) is 12.9. The summed E-state index contributed by atoms with van der Waals surface area (Å²) in [6, 6.07) is -23.9. The molecule has 0 radical (unpaired) electrons. The van der Waals surface area contributed by atoms with E-state index in [2.05, 4.69) is 0 Å². The lowest BCUT2D eigenvalue weighted by atomic mass is 9.68. The van der Waals surface area contributed by atoms with Gasteiger partial charge < -0.3 is 4.90 Å². The first-order valence-electron chi connectivity index (χ1n) is 35.0. The largest absolute Gasteiger partial charge is 0.310 e. The van der Waals surface area contributed by atoms with Crippen LogP contribution in [-0.2, 0) is 27.1 Å². The van der Waals surface area contributed by atoms with Gasteiger partial charge in [-0.25, -0.2) is 0 Å². The molecule has 0 bridgehead atoms. The van der Waals surface area contributed by atoms with Crippen LogP contribution in [0.2, 0.25) is 0 Å². The zero-order valence-electron chi connectivity index (χ0n) is 65.0. The summed E-state index contributed by atoms with van der Waals surface area (Å²) in [5, 5.41) is 0. The quantitative estimate of drug-likeness (QED) is 0.167. The molecule has 0 aliphatic heterocycles. The first-order chi connectivity index (χ1) is 42.2. The Kier molecular flexibility index (Phi) is 4.34. The topological polar surface area (TPSA) is 3.24 Å². The van der Waals surface area contributed by atoms with E-state index in [1.165, 1.54) is 13.8 Å². The summed E-state index contributed by atoms with van der Waals surface area (Å²) in [7, 11) is 0. The Morgan fingerprint density at radius 1 is 0.422 bits per heavy atom. The van der Waals surface area contributed by atoms with Gasteiger partial charge in [0.1, 0.15) is 0 Å². The molecule has 0 fully saturated rings. The van der Waals surface area contributed by atoms with Crippen molar-refractivity contribution < 1.29 is 38.4 Å². The minimum absolute atomic E-state index is 0.0422. The van der Waals surface area contributed by atoms with Gasteiger partial charge in [0.05, 0.1) is 49.5 Å². The van der Waals surface area contributed by atoms with Gasteiger partial charge in [-0.1, -0.05) is 214 Å². The van der Waals surface area contributed by atoms with Crippen molar-refractivity contribution in [1.82, 2.24) is 0 Å². The number of fused-ring (bicyclic) bond motifs is 9. The molecule has 64 heavy (non-hydrogen) atoms. The van der Waals surface area contributed by atoms with E-state index in [0.29, 0.717) is 16.7 Å². The van der Waals surface area contributed by atoms with Crippen molar-refractivity contribution in [1.29, 1.82) is 0 Å². The standard InChI is InChI=1S/C63H59N/c1-59(2,3)42-37-49-57-53(62(9,10)58(49)55(38-42)60(4,5)6)29-20-30-56(57)64(44-35-36-48-45-23-14-17-26-50(45)61(7,8)54(48)39-44)43-33-31-41(32-34-43)63(40-21-12-11-13-22-40)51-27-18-15-24-46(51)47-25-16-19-28-52(47)63/h11-39H,1-10H3/i11D,12D,13D,14D,15D,16D,17D,18D,19D,20D,21D,22D,23D,24D,25D,26D,27D,28D,29D,30D,31D,32D,33D,34D,35D,36D,38D,39D. The van der Waals surface area contributed by atoms with E-state index in [-0.39, 0.29) is 45.0 Å². The van der Waals surface area contributed by atoms with Gasteiger partial charge in [0, 0.05) is 27.8 Å². The molecule has 8 aromatic carbocycles. The molecule has 0 saturated heterocycles. The molecule has 0 saturated carbocycles. The maximum Gasteiger partial charge on any atom is 0.0713 e. The summed E-state index contributed by atoms with van der Waals surface area (Å²) >= 11 is 0. The van der Waals surface area contributed by atoms with Gasteiger partial charge in [0.25, 0.3) is 0 Å². The van der Waals surface area contributed by atoms with Gasteiger partial charge in [-0.3, -0.25) is 0 Å². The molecule has 8 aromatic rings. The molecule has 0 heterocycles. The van der Waals surface area contributed by atoms with E-state index >= 15 is 0 Å². The number of rotatable bonds is 5. The van der Waals surface area contributed by atoms with Crippen LogP contribution in [0, 0.1) is 0 Å². The molecule has 0 spiro atoms. The Bertz CT molecular complexity index is 4690. The molecular formula is C63H59N. The lowest BCUT2D eigenvalue weighted by Crippen LogP contribution is -2.28. The van der Waals surface area contributed by atoms with Crippen molar-refractivity contribution in [3.05, 3.63) is 231 Å². The third kappa shape index (κ3) is 5.62. The smallest absolute Gasteiger partial charge is 0.0713 e. The summed E-state index contributed by atoms with van der Waals surface area (Å²) in [5.74, 6) is 0. The van der Waals surface area contributed by atoms with Crippen LogP contribution in [0.5, 0.6) is 0 Å². The normalized spacial score (nSPS) is 21.8. The highest BCUT2D eigenvalue weighted by molar-refractivity contribution is 5.97. The number of hydrogen-bond donors (Lipinski definition) is 0. The highest BCUT2D eigenvalue weighted by Crippen LogP contribution is 2.60. The maximum absolute atomic E-state index is 10.6. The summed E-state index contributed by atoms with van der Waals surface area (Å²) in [5.41, 5.74) is -14.6. The maximum atomic E-state index is 10.6. The van der Waals surface area contributed by atoms with Gasteiger partial charge in [-0.15, -0.1) is 0 Å². The fourth-order valence-corrected chi connectivity index (χ4v) is 9.77. The number of hydrogen-bond acceptors (Lipinski definition) is 1. The van der Waals surface area contributed by atoms with E-state index in [9.17, 15) is 26.0 Å². The van der Waals surface area contributed by atoms with Gasteiger partial charge in [0.2, 0.25) is 0 Å². The van der Waals surface area contributed by atoms with Crippen LogP contribution in [0.25, 0.3) is 33.4 Å². The first-order valence-corrected chi connectivity index (χ1v) is 21.0. The van der Waals surface area contributed by atoms with Crippen LogP contribution in [0.4, 0.5) is 17.1 Å². The Balaban J connectivity index is 1.43. The SMILES string of the molecule is [2H]c1c([2H])c([2H])c(C2(c3c([2H])c([2H])c(N(c4c([2H])c([2H])c5c(c4[2H])C(C)(C)c4c([2H])c([2H])c([2H])c([2H])c4-5)c4c([2H])c([2H])c([2H])c5c4-c4cc(C(C)(C)C)c([2H])c(C(C)(C)C)c4C5(C)C)c([2H])c3[2H])c3c([2H])c([2H])c([2H])c([2H])c3-c3c([2H])c([2H])c([2H])c([2H])c32)c([2H])c1[2H]. The number of benzene rings is 8. The summed E-state index contributed by atoms with van der Waals surface area (Å²) in [4.78, 5) is 0.819. The van der Waals surface area contributed by atoms with Crippen LogP contribution >= 0.6 is 0 Å². The van der Waals surface area contributed by atoms with Crippen LogP contribution in [0.1, 0.15) is 163 Å². The molecule has 0 N–H and O–H groups in total. The molecule has 11 rings (SSSR count). The fraction of sp³-hybridized carbons (Fsp3) is 0.238. The molecular weight excluding hydrogens is 771 g/mol. The number of anilines is 3. The molecule has 3 aliphatic carbocycles. The minimum atomic E-state index is -3.27.